The molecule has 0 bridgehead atoms. The third-order valence-electron chi connectivity index (χ3n) is 3.08. The van der Waals surface area contributed by atoms with Crippen molar-refractivity contribution in [1.29, 1.82) is 0 Å². The molecular formula is C18H23FN2O. The largest absolute Gasteiger partial charge is 0.493 e. The molecule has 0 amide bonds. The number of hydrogen-bond donors (Lipinski definition) is 2. The lowest BCUT2D eigenvalue weighted by molar-refractivity contribution is 0.271. The number of benzene rings is 2. The highest BCUT2D eigenvalue weighted by molar-refractivity contribution is 5.47. The van der Waals surface area contributed by atoms with Crippen LogP contribution >= 0.6 is 0 Å². The van der Waals surface area contributed by atoms with Gasteiger partial charge < -0.3 is 15.4 Å². The van der Waals surface area contributed by atoms with Gasteiger partial charge in [0.05, 0.1) is 12.3 Å². The van der Waals surface area contributed by atoms with Crippen LogP contribution in [0.5, 0.6) is 5.75 Å². The summed E-state index contributed by atoms with van der Waals surface area (Å²) < 4.78 is 19.1. The molecule has 3 nitrogen and oxygen atoms in total. The SMILES string of the molecule is CC(C)COc1ccc(NCCNc2ccccc2F)cc1. The monoisotopic (exact) mass is 302 g/mol. The topological polar surface area (TPSA) is 33.3 Å². The van der Waals surface area contributed by atoms with Crippen LogP contribution < -0.4 is 15.4 Å². The van der Waals surface area contributed by atoms with E-state index in [0.717, 1.165) is 18.0 Å². The summed E-state index contributed by atoms with van der Waals surface area (Å²) in [4.78, 5) is 0. The van der Waals surface area contributed by atoms with Gasteiger partial charge in [-0.15, -0.1) is 0 Å². The second kappa shape index (κ2) is 8.27. The fourth-order valence-corrected chi connectivity index (χ4v) is 1.94. The van der Waals surface area contributed by atoms with Gasteiger partial charge in [0.25, 0.3) is 0 Å². The second-order valence-corrected chi connectivity index (χ2v) is 5.56. The quantitative estimate of drug-likeness (QED) is 0.710. The third kappa shape index (κ3) is 5.28. The van der Waals surface area contributed by atoms with Crippen molar-refractivity contribution in [2.24, 2.45) is 5.92 Å². The van der Waals surface area contributed by atoms with Crippen molar-refractivity contribution in [1.82, 2.24) is 0 Å². The molecule has 22 heavy (non-hydrogen) atoms. The molecule has 0 unspecified atom stereocenters. The zero-order chi connectivity index (χ0) is 15.8. The van der Waals surface area contributed by atoms with Gasteiger partial charge in [-0.1, -0.05) is 26.0 Å². The predicted octanol–water partition coefficient (Wildman–Crippen LogP) is 4.38. The summed E-state index contributed by atoms with van der Waals surface area (Å²) in [7, 11) is 0. The first kappa shape index (κ1) is 16.1. The van der Waals surface area contributed by atoms with Crippen molar-refractivity contribution < 1.29 is 9.13 Å². The number of ether oxygens (including phenoxy) is 1. The normalized spacial score (nSPS) is 10.5. The first-order valence-corrected chi connectivity index (χ1v) is 7.60. The van der Waals surface area contributed by atoms with Gasteiger partial charge in [-0.3, -0.25) is 0 Å². The van der Waals surface area contributed by atoms with Crippen molar-refractivity contribution in [3.05, 3.63) is 54.3 Å². The molecule has 2 rings (SSSR count). The first-order valence-electron chi connectivity index (χ1n) is 7.60. The van der Waals surface area contributed by atoms with Crippen molar-refractivity contribution in [2.75, 3.05) is 30.3 Å². The summed E-state index contributed by atoms with van der Waals surface area (Å²) in [5.74, 6) is 1.17. The van der Waals surface area contributed by atoms with E-state index in [4.69, 9.17) is 4.74 Å². The highest BCUT2D eigenvalue weighted by Gasteiger charge is 2.00. The molecule has 0 aromatic heterocycles. The van der Waals surface area contributed by atoms with E-state index in [1.807, 2.05) is 30.3 Å². The molecule has 0 radical (unpaired) electrons. The Kier molecular flexibility index (Phi) is 6.07. The lowest BCUT2D eigenvalue weighted by atomic mass is 10.2. The van der Waals surface area contributed by atoms with Crippen molar-refractivity contribution in [2.45, 2.75) is 13.8 Å². The smallest absolute Gasteiger partial charge is 0.146 e. The van der Waals surface area contributed by atoms with E-state index in [2.05, 4.69) is 24.5 Å². The van der Waals surface area contributed by atoms with E-state index in [-0.39, 0.29) is 5.82 Å². The summed E-state index contributed by atoms with van der Waals surface area (Å²) in [5.41, 5.74) is 1.55. The number of anilines is 2. The maximum atomic E-state index is 13.4. The Morgan fingerprint density at radius 3 is 2.32 bits per heavy atom. The van der Waals surface area contributed by atoms with Crippen molar-refractivity contribution in [3.63, 3.8) is 0 Å². The number of nitrogens with one attached hydrogen (secondary N) is 2. The molecule has 118 valence electrons. The van der Waals surface area contributed by atoms with Gasteiger partial charge >= 0.3 is 0 Å². The van der Waals surface area contributed by atoms with Gasteiger partial charge in [0.1, 0.15) is 11.6 Å². The van der Waals surface area contributed by atoms with Crippen LogP contribution in [0.2, 0.25) is 0 Å². The molecule has 0 atom stereocenters. The van der Waals surface area contributed by atoms with Crippen LogP contribution in [-0.4, -0.2) is 19.7 Å². The van der Waals surface area contributed by atoms with E-state index in [0.29, 0.717) is 24.7 Å². The van der Waals surface area contributed by atoms with Gasteiger partial charge in [0.15, 0.2) is 0 Å². The minimum absolute atomic E-state index is 0.228. The number of hydrogen-bond acceptors (Lipinski definition) is 3. The maximum Gasteiger partial charge on any atom is 0.146 e. The minimum Gasteiger partial charge on any atom is -0.493 e. The molecule has 2 aromatic carbocycles. The summed E-state index contributed by atoms with van der Waals surface area (Å²) in [6.07, 6.45) is 0. The average Bonchev–Trinajstić information content (AvgIpc) is 2.52. The van der Waals surface area contributed by atoms with Gasteiger partial charge in [-0.05, 0) is 42.3 Å². The molecule has 2 aromatic rings. The van der Waals surface area contributed by atoms with E-state index in [9.17, 15) is 4.39 Å². The number of halogens is 1. The Labute approximate surface area is 131 Å². The highest BCUT2D eigenvalue weighted by atomic mass is 19.1. The Hall–Kier alpha value is -2.23. The minimum atomic E-state index is -0.228. The molecule has 0 spiro atoms. The van der Waals surface area contributed by atoms with Crippen LogP contribution in [-0.2, 0) is 0 Å². The van der Waals surface area contributed by atoms with Crippen LogP contribution in [0.3, 0.4) is 0 Å². The molecule has 0 aliphatic carbocycles. The molecule has 0 aliphatic heterocycles. The van der Waals surface area contributed by atoms with E-state index < -0.39 is 0 Å². The molecule has 0 saturated carbocycles. The molecule has 4 heteroatoms. The Bertz CT molecular complexity index is 570. The van der Waals surface area contributed by atoms with E-state index >= 15 is 0 Å². The second-order valence-electron chi connectivity index (χ2n) is 5.56. The van der Waals surface area contributed by atoms with Crippen LogP contribution in [0.1, 0.15) is 13.8 Å². The Morgan fingerprint density at radius 2 is 1.64 bits per heavy atom. The molecule has 0 aliphatic rings. The Morgan fingerprint density at radius 1 is 0.955 bits per heavy atom. The van der Waals surface area contributed by atoms with Crippen LogP contribution in [0.4, 0.5) is 15.8 Å². The Balaban J connectivity index is 1.72. The standard InChI is InChI=1S/C18H23FN2O/c1-14(2)13-22-16-9-7-15(8-10-16)20-11-12-21-18-6-4-3-5-17(18)19/h3-10,14,20-21H,11-13H2,1-2H3. The lowest BCUT2D eigenvalue weighted by Gasteiger charge is -2.11. The summed E-state index contributed by atoms with van der Waals surface area (Å²) in [6, 6.07) is 14.6. The molecular weight excluding hydrogens is 279 g/mol. The van der Waals surface area contributed by atoms with E-state index in [1.54, 1.807) is 12.1 Å². The summed E-state index contributed by atoms with van der Waals surface area (Å²) in [6.45, 7) is 6.32. The highest BCUT2D eigenvalue weighted by Crippen LogP contribution is 2.16. The fraction of sp³-hybridized carbons (Fsp3) is 0.333. The van der Waals surface area contributed by atoms with Crippen molar-refractivity contribution in [3.8, 4) is 5.75 Å². The summed E-state index contributed by atoms with van der Waals surface area (Å²) in [5, 5.41) is 6.35. The van der Waals surface area contributed by atoms with Crippen LogP contribution in [0.15, 0.2) is 48.5 Å². The fourth-order valence-electron chi connectivity index (χ4n) is 1.94. The zero-order valence-electron chi connectivity index (χ0n) is 13.1. The van der Waals surface area contributed by atoms with E-state index in [1.165, 1.54) is 6.07 Å². The molecule has 2 N–H and O–H groups in total. The molecule has 0 saturated heterocycles. The number of para-hydroxylation sites is 1. The maximum absolute atomic E-state index is 13.4. The first-order chi connectivity index (χ1) is 10.6. The molecule has 0 heterocycles. The average molecular weight is 302 g/mol. The predicted molar refractivity (Wildman–Crippen MR) is 90.2 cm³/mol. The lowest BCUT2D eigenvalue weighted by Crippen LogP contribution is -2.14. The van der Waals surface area contributed by atoms with Gasteiger partial charge in [-0.2, -0.15) is 0 Å². The molecule has 0 fully saturated rings. The zero-order valence-corrected chi connectivity index (χ0v) is 13.1. The van der Waals surface area contributed by atoms with Gasteiger partial charge in [0, 0.05) is 18.8 Å². The van der Waals surface area contributed by atoms with Gasteiger partial charge in [0.2, 0.25) is 0 Å². The number of rotatable bonds is 8. The summed E-state index contributed by atoms with van der Waals surface area (Å²) >= 11 is 0. The third-order valence-corrected chi connectivity index (χ3v) is 3.08. The van der Waals surface area contributed by atoms with Crippen LogP contribution in [0.25, 0.3) is 0 Å². The van der Waals surface area contributed by atoms with Crippen molar-refractivity contribution >= 4 is 11.4 Å². The van der Waals surface area contributed by atoms with Crippen LogP contribution in [0, 0.1) is 11.7 Å². The van der Waals surface area contributed by atoms with Gasteiger partial charge in [-0.25, -0.2) is 4.39 Å².